The number of nitrogens with one attached hydrogen (secondary N) is 2. The quantitative estimate of drug-likeness (QED) is 0.792. The Hall–Kier alpha value is -2.05. The first-order chi connectivity index (χ1) is 12.2. The van der Waals surface area contributed by atoms with Crippen LogP contribution in [0.4, 0.5) is 10.5 Å². The number of benzene rings is 1. The number of urea groups is 1. The number of piperazine rings is 1. The summed E-state index contributed by atoms with van der Waals surface area (Å²) < 4.78 is 5.47. The molecule has 2 N–H and O–H groups in total. The van der Waals surface area contributed by atoms with Crippen LogP contribution in [-0.2, 0) is 4.74 Å². The monoisotopic (exact) mass is 344 g/mol. The fraction of sp³-hybridized carbons (Fsp3) is 0.526. The van der Waals surface area contributed by atoms with E-state index >= 15 is 0 Å². The number of anilines is 1. The third-order valence-electron chi connectivity index (χ3n) is 4.89. The highest BCUT2D eigenvalue weighted by Crippen LogP contribution is 2.19. The number of carbonyl (C=O) groups excluding carboxylic acids is 1. The van der Waals surface area contributed by atoms with Crippen LogP contribution in [-0.4, -0.2) is 66.2 Å². The molecule has 1 aromatic carbocycles. The molecule has 0 aliphatic carbocycles. The second-order valence-corrected chi connectivity index (χ2v) is 6.45. The topological polar surface area (TPSA) is 60.6 Å². The summed E-state index contributed by atoms with van der Waals surface area (Å²) in [5, 5.41) is 4.14. The molecule has 0 saturated carbocycles. The molecular formula is C19H28N4O2. The van der Waals surface area contributed by atoms with Crippen LogP contribution in [0, 0.1) is 0 Å². The van der Waals surface area contributed by atoms with Gasteiger partial charge in [-0.2, -0.15) is 0 Å². The fourth-order valence-electron chi connectivity index (χ4n) is 3.42. The Labute approximate surface area is 149 Å². The molecule has 6 nitrogen and oxygen atoms in total. The maximum absolute atomic E-state index is 12.6. The van der Waals surface area contributed by atoms with Crippen molar-refractivity contribution in [3.05, 3.63) is 30.5 Å². The molecule has 25 heavy (non-hydrogen) atoms. The van der Waals surface area contributed by atoms with E-state index in [9.17, 15) is 4.79 Å². The van der Waals surface area contributed by atoms with Crippen molar-refractivity contribution in [1.29, 1.82) is 0 Å². The molecule has 1 unspecified atom stereocenters. The van der Waals surface area contributed by atoms with Gasteiger partial charge in [0, 0.05) is 61.6 Å². The summed E-state index contributed by atoms with van der Waals surface area (Å²) in [6, 6.07) is 8.32. The lowest BCUT2D eigenvalue weighted by Crippen LogP contribution is -2.56. The zero-order chi connectivity index (χ0) is 17.6. The average molecular weight is 344 g/mol. The molecular weight excluding hydrogens is 316 g/mol. The van der Waals surface area contributed by atoms with Crippen LogP contribution in [0.25, 0.3) is 10.9 Å². The maximum Gasteiger partial charge on any atom is 0.321 e. The number of ether oxygens (including phenoxy) is 1. The number of amides is 2. The molecule has 1 fully saturated rings. The number of rotatable bonds is 6. The summed E-state index contributed by atoms with van der Waals surface area (Å²) >= 11 is 0. The molecule has 2 heterocycles. The van der Waals surface area contributed by atoms with E-state index in [4.69, 9.17) is 4.74 Å². The number of nitrogens with zero attached hydrogens (tertiary/aromatic N) is 2. The zero-order valence-electron chi connectivity index (χ0n) is 15.1. The highest BCUT2D eigenvalue weighted by Gasteiger charge is 2.28. The van der Waals surface area contributed by atoms with Gasteiger partial charge < -0.3 is 19.9 Å². The van der Waals surface area contributed by atoms with Crippen molar-refractivity contribution in [2.24, 2.45) is 0 Å². The molecule has 2 aromatic rings. The minimum absolute atomic E-state index is 0.0159. The lowest BCUT2D eigenvalue weighted by atomic mass is 10.1. The van der Waals surface area contributed by atoms with Crippen LogP contribution in [0.2, 0.25) is 0 Å². The second kappa shape index (κ2) is 8.36. The van der Waals surface area contributed by atoms with Crippen LogP contribution in [0.5, 0.6) is 0 Å². The van der Waals surface area contributed by atoms with Crippen molar-refractivity contribution in [3.63, 3.8) is 0 Å². The zero-order valence-corrected chi connectivity index (χ0v) is 15.1. The van der Waals surface area contributed by atoms with E-state index in [1.807, 2.05) is 42.3 Å². The standard InChI is InChI=1S/C19H28N4O2/c1-3-17-14-23(10-9-22(17)11-12-25-4-2)19(24)21-16-5-6-18-15(13-16)7-8-20-18/h5-8,13,17,20H,3-4,9-12,14H2,1-2H3,(H,21,24). The number of hydrogen-bond donors (Lipinski definition) is 2. The average Bonchev–Trinajstić information content (AvgIpc) is 3.09. The minimum atomic E-state index is -0.0159. The first-order valence-electron chi connectivity index (χ1n) is 9.16. The molecule has 1 saturated heterocycles. The number of carbonyl (C=O) groups is 1. The predicted molar refractivity (Wildman–Crippen MR) is 101 cm³/mol. The third-order valence-corrected chi connectivity index (χ3v) is 4.89. The Morgan fingerprint density at radius 1 is 1.32 bits per heavy atom. The van der Waals surface area contributed by atoms with Gasteiger partial charge >= 0.3 is 6.03 Å². The number of fused-ring (bicyclic) bond motifs is 1. The molecule has 6 heteroatoms. The van der Waals surface area contributed by atoms with Gasteiger partial charge in [0.2, 0.25) is 0 Å². The van der Waals surface area contributed by atoms with Crippen LogP contribution < -0.4 is 5.32 Å². The van der Waals surface area contributed by atoms with Gasteiger partial charge in [0.15, 0.2) is 0 Å². The highest BCUT2D eigenvalue weighted by molar-refractivity contribution is 5.92. The Bertz CT molecular complexity index is 700. The van der Waals surface area contributed by atoms with E-state index in [1.165, 1.54) is 0 Å². The van der Waals surface area contributed by atoms with Crippen molar-refractivity contribution >= 4 is 22.6 Å². The Kier molecular flexibility index (Phi) is 5.94. The van der Waals surface area contributed by atoms with Gasteiger partial charge in [-0.05, 0) is 37.6 Å². The van der Waals surface area contributed by atoms with Crippen molar-refractivity contribution in [2.45, 2.75) is 26.3 Å². The van der Waals surface area contributed by atoms with Gasteiger partial charge in [-0.3, -0.25) is 4.90 Å². The summed E-state index contributed by atoms with van der Waals surface area (Å²) in [5.41, 5.74) is 1.91. The van der Waals surface area contributed by atoms with Crippen molar-refractivity contribution in [3.8, 4) is 0 Å². The lowest BCUT2D eigenvalue weighted by molar-refractivity contribution is 0.0545. The first-order valence-corrected chi connectivity index (χ1v) is 9.16. The highest BCUT2D eigenvalue weighted by atomic mass is 16.5. The molecule has 1 aliphatic heterocycles. The molecule has 3 rings (SSSR count). The van der Waals surface area contributed by atoms with E-state index in [1.54, 1.807) is 0 Å². The number of aromatic amines is 1. The second-order valence-electron chi connectivity index (χ2n) is 6.45. The molecule has 0 radical (unpaired) electrons. The van der Waals surface area contributed by atoms with Crippen molar-refractivity contribution in [2.75, 3.05) is 44.7 Å². The van der Waals surface area contributed by atoms with Crippen LogP contribution in [0.15, 0.2) is 30.5 Å². The molecule has 1 atom stereocenters. The van der Waals surface area contributed by atoms with Gasteiger partial charge in [-0.15, -0.1) is 0 Å². The molecule has 0 spiro atoms. The van der Waals surface area contributed by atoms with E-state index < -0.39 is 0 Å². The number of H-pyrrole nitrogens is 1. The largest absolute Gasteiger partial charge is 0.380 e. The SMILES string of the molecule is CCOCCN1CCN(C(=O)Nc2ccc3[nH]ccc3c2)CC1CC. The van der Waals surface area contributed by atoms with Gasteiger partial charge in [0.05, 0.1) is 6.61 Å². The van der Waals surface area contributed by atoms with Gasteiger partial charge in [-0.1, -0.05) is 6.92 Å². The fourth-order valence-corrected chi connectivity index (χ4v) is 3.42. The third kappa shape index (κ3) is 4.32. The van der Waals surface area contributed by atoms with Gasteiger partial charge in [-0.25, -0.2) is 4.79 Å². The summed E-state index contributed by atoms with van der Waals surface area (Å²) in [6.45, 7) is 9.06. The van der Waals surface area contributed by atoms with E-state index in [0.29, 0.717) is 6.04 Å². The van der Waals surface area contributed by atoms with Crippen molar-refractivity contribution < 1.29 is 9.53 Å². The molecule has 1 aliphatic rings. The molecule has 0 bridgehead atoms. The normalized spacial score (nSPS) is 18.6. The Balaban J connectivity index is 1.57. The van der Waals surface area contributed by atoms with E-state index in [2.05, 4.69) is 22.1 Å². The number of hydrogen-bond acceptors (Lipinski definition) is 3. The predicted octanol–water partition coefficient (Wildman–Crippen LogP) is 3.13. The van der Waals surface area contributed by atoms with Crippen LogP contribution in [0.1, 0.15) is 20.3 Å². The lowest BCUT2D eigenvalue weighted by Gasteiger charge is -2.41. The summed E-state index contributed by atoms with van der Waals surface area (Å²) in [5.74, 6) is 0. The van der Waals surface area contributed by atoms with E-state index in [-0.39, 0.29) is 6.03 Å². The molecule has 136 valence electrons. The number of aromatic nitrogens is 1. The van der Waals surface area contributed by atoms with Crippen LogP contribution >= 0.6 is 0 Å². The Morgan fingerprint density at radius 3 is 3.00 bits per heavy atom. The molecule has 2 amide bonds. The smallest absolute Gasteiger partial charge is 0.321 e. The maximum atomic E-state index is 12.6. The Morgan fingerprint density at radius 2 is 2.20 bits per heavy atom. The first kappa shape index (κ1) is 17.8. The van der Waals surface area contributed by atoms with Gasteiger partial charge in [0.25, 0.3) is 0 Å². The summed E-state index contributed by atoms with van der Waals surface area (Å²) in [4.78, 5) is 20.2. The van der Waals surface area contributed by atoms with Crippen LogP contribution in [0.3, 0.4) is 0 Å². The summed E-state index contributed by atoms with van der Waals surface area (Å²) in [6.07, 6.45) is 2.94. The van der Waals surface area contributed by atoms with Gasteiger partial charge in [0.1, 0.15) is 0 Å². The minimum Gasteiger partial charge on any atom is -0.380 e. The molecule has 1 aromatic heterocycles. The summed E-state index contributed by atoms with van der Waals surface area (Å²) in [7, 11) is 0. The van der Waals surface area contributed by atoms with E-state index in [0.717, 1.165) is 62.4 Å². The van der Waals surface area contributed by atoms with Crippen molar-refractivity contribution in [1.82, 2.24) is 14.8 Å².